The van der Waals surface area contributed by atoms with Crippen LogP contribution in [0, 0.1) is 0 Å². The van der Waals surface area contributed by atoms with Crippen LogP contribution in [0.15, 0.2) is 0 Å². The Bertz CT molecular complexity index is 204. The molecule has 0 heterocycles. The van der Waals surface area contributed by atoms with Crippen molar-refractivity contribution in [2.75, 3.05) is 39.5 Å². The van der Waals surface area contributed by atoms with Crippen molar-refractivity contribution in [2.24, 2.45) is 0 Å². The van der Waals surface area contributed by atoms with Crippen molar-refractivity contribution in [3.05, 3.63) is 0 Å². The van der Waals surface area contributed by atoms with E-state index in [-0.39, 0.29) is 6.61 Å². The Morgan fingerprint density at radius 2 is 1.88 bits per heavy atom. The maximum Gasteiger partial charge on any atom is 0.407 e. The maximum absolute atomic E-state index is 11.2. The molecular weight excluding hydrogens is 224 g/mol. The van der Waals surface area contributed by atoms with Gasteiger partial charge in [0.1, 0.15) is 5.60 Å². The Balaban J connectivity index is 3.25. The molecule has 0 aromatic rings. The number of amides is 1. The van der Waals surface area contributed by atoms with Crippen LogP contribution in [-0.4, -0.2) is 56.3 Å². The lowest BCUT2D eigenvalue weighted by atomic mass is 10.2. The van der Waals surface area contributed by atoms with E-state index < -0.39 is 11.7 Å². The largest absolute Gasteiger partial charge is 0.444 e. The van der Waals surface area contributed by atoms with E-state index in [0.29, 0.717) is 32.8 Å². The van der Waals surface area contributed by atoms with Crippen molar-refractivity contribution in [1.82, 2.24) is 10.6 Å². The summed E-state index contributed by atoms with van der Waals surface area (Å²) in [5, 5.41) is 14.2. The molecule has 0 saturated carbocycles. The minimum atomic E-state index is -0.463. The molecule has 1 amide bonds. The lowest BCUT2D eigenvalue weighted by molar-refractivity contribution is 0.0527. The molecule has 0 spiro atoms. The van der Waals surface area contributed by atoms with Gasteiger partial charge in [0.25, 0.3) is 0 Å². The number of carbonyl (C=O) groups excluding carboxylic acids is 1. The van der Waals surface area contributed by atoms with Crippen LogP contribution in [0.5, 0.6) is 0 Å². The summed E-state index contributed by atoms with van der Waals surface area (Å²) in [6.07, 6.45) is -0.407. The highest BCUT2D eigenvalue weighted by molar-refractivity contribution is 5.67. The Kier molecular flexibility index (Phi) is 8.75. The van der Waals surface area contributed by atoms with Crippen LogP contribution in [0.2, 0.25) is 0 Å². The highest BCUT2D eigenvalue weighted by Gasteiger charge is 2.15. The molecule has 0 aliphatic rings. The molecule has 0 saturated heterocycles. The van der Waals surface area contributed by atoms with Crippen LogP contribution in [-0.2, 0) is 9.47 Å². The second kappa shape index (κ2) is 9.21. The fourth-order valence-corrected chi connectivity index (χ4v) is 1.00. The van der Waals surface area contributed by atoms with Gasteiger partial charge in [-0.1, -0.05) is 0 Å². The first-order valence-electron chi connectivity index (χ1n) is 5.82. The normalized spacial score (nSPS) is 11.3. The van der Waals surface area contributed by atoms with Crippen molar-refractivity contribution in [1.29, 1.82) is 0 Å². The molecule has 6 heteroatoms. The maximum atomic E-state index is 11.2. The van der Waals surface area contributed by atoms with Crippen LogP contribution >= 0.6 is 0 Å². The Morgan fingerprint density at radius 1 is 1.18 bits per heavy atom. The quantitative estimate of drug-likeness (QED) is 0.531. The summed E-state index contributed by atoms with van der Waals surface area (Å²) in [6.45, 7) is 8.27. The van der Waals surface area contributed by atoms with Gasteiger partial charge in [0.2, 0.25) is 0 Å². The molecular formula is C11H24N2O4. The summed E-state index contributed by atoms with van der Waals surface area (Å²) in [5.74, 6) is 0. The topological polar surface area (TPSA) is 79.8 Å². The van der Waals surface area contributed by atoms with Crippen molar-refractivity contribution >= 4 is 6.09 Å². The van der Waals surface area contributed by atoms with Crippen LogP contribution in [0.1, 0.15) is 20.8 Å². The summed E-state index contributed by atoms with van der Waals surface area (Å²) in [5.41, 5.74) is -0.463. The second-order valence-electron chi connectivity index (χ2n) is 4.51. The molecule has 6 nitrogen and oxygen atoms in total. The molecule has 0 fully saturated rings. The van der Waals surface area contributed by atoms with Gasteiger partial charge in [-0.25, -0.2) is 4.79 Å². The van der Waals surface area contributed by atoms with Crippen LogP contribution in [0.3, 0.4) is 0 Å². The van der Waals surface area contributed by atoms with Crippen LogP contribution in [0.4, 0.5) is 4.79 Å². The third-order valence-electron chi connectivity index (χ3n) is 1.63. The highest BCUT2D eigenvalue weighted by Crippen LogP contribution is 2.05. The highest BCUT2D eigenvalue weighted by atomic mass is 16.6. The Morgan fingerprint density at radius 3 is 2.47 bits per heavy atom. The van der Waals surface area contributed by atoms with E-state index in [1.807, 2.05) is 20.8 Å². The van der Waals surface area contributed by atoms with Gasteiger partial charge in [0.15, 0.2) is 0 Å². The number of hydrogen-bond donors (Lipinski definition) is 3. The average molecular weight is 248 g/mol. The summed E-state index contributed by atoms with van der Waals surface area (Å²) in [7, 11) is 0. The predicted octanol–water partition coefficient (Wildman–Crippen LogP) is 0.110. The fraction of sp³-hybridized carbons (Fsp3) is 0.909. The average Bonchev–Trinajstić information content (AvgIpc) is 2.19. The Labute approximate surface area is 103 Å². The number of rotatable bonds is 8. The Hall–Kier alpha value is -0.850. The lowest BCUT2D eigenvalue weighted by Crippen LogP contribution is -2.37. The summed E-state index contributed by atoms with van der Waals surface area (Å²) < 4.78 is 10.1. The third kappa shape index (κ3) is 13.1. The molecule has 0 aliphatic heterocycles. The number of aliphatic hydroxyl groups is 1. The van der Waals surface area contributed by atoms with E-state index in [2.05, 4.69) is 10.6 Å². The van der Waals surface area contributed by atoms with Crippen molar-refractivity contribution in [2.45, 2.75) is 26.4 Å². The smallest absolute Gasteiger partial charge is 0.407 e. The van der Waals surface area contributed by atoms with Gasteiger partial charge in [0, 0.05) is 19.6 Å². The van der Waals surface area contributed by atoms with Gasteiger partial charge in [0.05, 0.1) is 19.8 Å². The molecule has 17 heavy (non-hydrogen) atoms. The number of alkyl carbamates (subject to hydrolysis) is 1. The molecule has 0 aliphatic carbocycles. The minimum absolute atomic E-state index is 0.0419. The minimum Gasteiger partial charge on any atom is -0.444 e. The number of carbonyl (C=O) groups is 1. The van der Waals surface area contributed by atoms with Gasteiger partial charge in [-0.05, 0) is 20.8 Å². The first kappa shape index (κ1) is 16.1. The zero-order valence-electron chi connectivity index (χ0n) is 10.9. The fourth-order valence-electron chi connectivity index (χ4n) is 1.00. The van der Waals surface area contributed by atoms with Gasteiger partial charge in [-0.3, -0.25) is 0 Å². The van der Waals surface area contributed by atoms with E-state index in [4.69, 9.17) is 14.6 Å². The zero-order valence-corrected chi connectivity index (χ0v) is 10.9. The van der Waals surface area contributed by atoms with E-state index in [1.54, 1.807) is 0 Å². The van der Waals surface area contributed by atoms with Crippen LogP contribution in [0.25, 0.3) is 0 Å². The monoisotopic (exact) mass is 248 g/mol. The molecule has 102 valence electrons. The molecule has 0 unspecified atom stereocenters. The molecule has 0 radical (unpaired) electrons. The lowest BCUT2D eigenvalue weighted by Gasteiger charge is -2.19. The van der Waals surface area contributed by atoms with Crippen LogP contribution < -0.4 is 10.6 Å². The van der Waals surface area contributed by atoms with Crippen molar-refractivity contribution in [3.8, 4) is 0 Å². The predicted molar refractivity (Wildman–Crippen MR) is 65.0 cm³/mol. The zero-order chi connectivity index (χ0) is 13.1. The second-order valence-corrected chi connectivity index (χ2v) is 4.51. The van der Waals surface area contributed by atoms with Gasteiger partial charge in [-0.2, -0.15) is 0 Å². The van der Waals surface area contributed by atoms with E-state index in [0.717, 1.165) is 0 Å². The molecule has 0 bridgehead atoms. The summed E-state index contributed by atoms with van der Waals surface area (Å²) in [6, 6.07) is 0. The molecule has 3 N–H and O–H groups in total. The first-order chi connectivity index (χ1) is 7.95. The van der Waals surface area contributed by atoms with Crippen molar-refractivity contribution < 1.29 is 19.4 Å². The standard InChI is InChI=1S/C11H24N2O4/c1-11(2,3)17-10(15)13-5-4-12-6-8-16-9-7-14/h12,14H,4-9H2,1-3H3,(H,13,15). The van der Waals surface area contributed by atoms with E-state index >= 15 is 0 Å². The first-order valence-corrected chi connectivity index (χ1v) is 5.82. The molecule has 0 aromatic carbocycles. The number of hydrogen-bond acceptors (Lipinski definition) is 5. The molecule has 0 rings (SSSR count). The van der Waals surface area contributed by atoms with E-state index in [1.165, 1.54) is 0 Å². The third-order valence-corrected chi connectivity index (χ3v) is 1.63. The number of ether oxygens (including phenoxy) is 2. The number of nitrogens with one attached hydrogen (secondary N) is 2. The summed E-state index contributed by atoms with van der Waals surface area (Å²) in [4.78, 5) is 11.2. The number of aliphatic hydroxyl groups excluding tert-OH is 1. The van der Waals surface area contributed by atoms with Gasteiger partial charge < -0.3 is 25.2 Å². The van der Waals surface area contributed by atoms with Gasteiger partial charge >= 0.3 is 6.09 Å². The van der Waals surface area contributed by atoms with E-state index in [9.17, 15) is 4.79 Å². The van der Waals surface area contributed by atoms with Crippen molar-refractivity contribution in [3.63, 3.8) is 0 Å². The molecule has 0 aromatic heterocycles. The molecule has 0 atom stereocenters. The summed E-state index contributed by atoms with van der Waals surface area (Å²) >= 11 is 0. The van der Waals surface area contributed by atoms with Gasteiger partial charge in [-0.15, -0.1) is 0 Å². The SMILES string of the molecule is CC(C)(C)OC(=O)NCCNCCOCCO.